The lowest BCUT2D eigenvalue weighted by molar-refractivity contribution is -0.139. The van der Waals surface area contributed by atoms with Crippen LogP contribution in [0.1, 0.15) is 48.8 Å². The number of alkyl carbamates (subject to hydrolysis) is 1. The van der Waals surface area contributed by atoms with Gasteiger partial charge in [0.1, 0.15) is 25.0 Å². The molecule has 7 nitrogen and oxygen atoms in total. The fraction of sp³-hybridized carbons (Fsp3) is 0.375. The van der Waals surface area contributed by atoms with Gasteiger partial charge in [-0.05, 0) is 60.2 Å². The number of para-hydroxylation sites is 1. The van der Waals surface area contributed by atoms with Crippen LogP contribution in [0.25, 0.3) is 11.1 Å². The highest BCUT2D eigenvalue weighted by atomic mass is 16.5. The number of benzene rings is 3. The van der Waals surface area contributed by atoms with Crippen LogP contribution < -0.4 is 10.1 Å². The Hall–Kier alpha value is -3.84. The number of hydrogen-bond donors (Lipinski definition) is 2. The largest absolute Gasteiger partial charge is 0.492 e. The first-order valence-electron chi connectivity index (χ1n) is 13.8. The highest BCUT2D eigenvalue weighted by molar-refractivity contribution is 5.81. The van der Waals surface area contributed by atoms with Crippen LogP contribution in [-0.2, 0) is 16.0 Å². The summed E-state index contributed by atoms with van der Waals surface area (Å²) in [7, 11) is 0. The van der Waals surface area contributed by atoms with Crippen LogP contribution >= 0.6 is 0 Å². The number of ether oxygens (including phenoxy) is 2. The third kappa shape index (κ3) is 6.25. The fourth-order valence-corrected chi connectivity index (χ4v) is 5.78. The minimum atomic E-state index is -1.15. The van der Waals surface area contributed by atoms with Crippen molar-refractivity contribution in [3.8, 4) is 16.9 Å². The molecule has 39 heavy (non-hydrogen) atoms. The molecule has 2 atom stereocenters. The minimum Gasteiger partial charge on any atom is -0.492 e. The molecule has 0 saturated carbocycles. The molecule has 7 heteroatoms. The van der Waals surface area contributed by atoms with Crippen LogP contribution in [0.15, 0.2) is 72.8 Å². The summed E-state index contributed by atoms with van der Waals surface area (Å²) in [6.07, 6.45) is 3.03. The van der Waals surface area contributed by atoms with Gasteiger partial charge in [0.05, 0.1) is 0 Å². The number of nitrogens with zero attached hydrogens (tertiary/aromatic N) is 1. The third-order valence-corrected chi connectivity index (χ3v) is 7.91. The monoisotopic (exact) mass is 528 g/mol. The highest BCUT2D eigenvalue weighted by Gasteiger charge is 2.30. The second-order valence-corrected chi connectivity index (χ2v) is 10.4. The zero-order valence-corrected chi connectivity index (χ0v) is 22.3. The lowest BCUT2D eigenvalue weighted by Crippen LogP contribution is -2.43. The summed E-state index contributed by atoms with van der Waals surface area (Å²) in [6, 6.07) is 23.0. The fourth-order valence-electron chi connectivity index (χ4n) is 5.78. The molecule has 204 valence electrons. The second kappa shape index (κ2) is 12.3. The third-order valence-electron chi connectivity index (χ3n) is 7.91. The Bertz CT molecular complexity index is 1260. The van der Waals surface area contributed by atoms with Gasteiger partial charge >= 0.3 is 12.1 Å². The molecule has 5 rings (SSSR count). The number of nitrogens with one attached hydrogen (secondary N) is 1. The quantitative estimate of drug-likeness (QED) is 0.363. The van der Waals surface area contributed by atoms with E-state index in [0.717, 1.165) is 40.9 Å². The van der Waals surface area contributed by atoms with Crippen LogP contribution in [0.4, 0.5) is 4.79 Å². The first kappa shape index (κ1) is 26.8. The van der Waals surface area contributed by atoms with E-state index in [1.54, 1.807) is 0 Å². The molecule has 2 unspecified atom stereocenters. The molecule has 3 aromatic carbocycles. The predicted molar refractivity (Wildman–Crippen MR) is 150 cm³/mol. The van der Waals surface area contributed by atoms with E-state index in [1.807, 2.05) is 60.7 Å². The predicted octanol–water partition coefficient (Wildman–Crippen LogP) is 5.47. The number of carbonyl (C=O) groups excluding carboxylic acids is 1. The van der Waals surface area contributed by atoms with E-state index in [2.05, 4.69) is 29.3 Å². The van der Waals surface area contributed by atoms with Gasteiger partial charge in [0.2, 0.25) is 0 Å². The zero-order chi connectivity index (χ0) is 27.2. The van der Waals surface area contributed by atoms with Crippen LogP contribution in [0.3, 0.4) is 0 Å². The molecular weight excluding hydrogens is 492 g/mol. The molecule has 2 N–H and O–H groups in total. The number of likely N-dealkylation sites (tertiary alicyclic amines) is 1. The highest BCUT2D eigenvalue weighted by Crippen LogP contribution is 2.44. The van der Waals surface area contributed by atoms with Crippen molar-refractivity contribution < 1.29 is 24.2 Å². The Balaban J connectivity index is 1.19. The number of carboxylic acids is 1. The van der Waals surface area contributed by atoms with Gasteiger partial charge in [-0.15, -0.1) is 0 Å². The van der Waals surface area contributed by atoms with Crippen LogP contribution in [0.5, 0.6) is 5.75 Å². The maximum Gasteiger partial charge on any atom is 0.407 e. The van der Waals surface area contributed by atoms with Gasteiger partial charge in [-0.1, -0.05) is 73.2 Å². The van der Waals surface area contributed by atoms with Crippen molar-refractivity contribution in [2.45, 2.75) is 50.6 Å². The number of hydrogen-bond acceptors (Lipinski definition) is 5. The molecule has 1 aliphatic carbocycles. The average molecular weight is 529 g/mol. The summed E-state index contributed by atoms with van der Waals surface area (Å²) in [4.78, 5) is 27.3. The second-order valence-electron chi connectivity index (χ2n) is 10.4. The normalized spacial score (nSPS) is 17.6. The van der Waals surface area contributed by atoms with E-state index >= 15 is 0 Å². The van der Waals surface area contributed by atoms with Gasteiger partial charge in [0, 0.05) is 24.9 Å². The molecule has 2 aliphatic rings. The van der Waals surface area contributed by atoms with E-state index < -0.39 is 18.1 Å². The average Bonchev–Trinajstić information content (AvgIpc) is 3.27. The lowest BCUT2D eigenvalue weighted by atomic mass is 9.98. The zero-order valence-electron chi connectivity index (χ0n) is 22.3. The summed E-state index contributed by atoms with van der Waals surface area (Å²) < 4.78 is 11.7. The van der Waals surface area contributed by atoms with Crippen molar-refractivity contribution >= 4 is 12.1 Å². The molecule has 1 saturated heterocycles. The Morgan fingerprint density at radius 2 is 1.64 bits per heavy atom. The molecular formula is C32H36N2O5. The smallest absolute Gasteiger partial charge is 0.407 e. The van der Waals surface area contributed by atoms with Gasteiger partial charge in [-0.25, -0.2) is 9.59 Å². The van der Waals surface area contributed by atoms with Crippen LogP contribution in [0.2, 0.25) is 0 Å². The van der Waals surface area contributed by atoms with E-state index in [4.69, 9.17) is 9.47 Å². The molecule has 1 amide bonds. The van der Waals surface area contributed by atoms with Gasteiger partial charge in [-0.2, -0.15) is 0 Å². The van der Waals surface area contributed by atoms with E-state index in [1.165, 1.54) is 19.3 Å². The number of carboxylic acid groups (broad SMARTS) is 1. The SMILES string of the molecule is CC1CCCCN1CCOc1ccccc1CC(NC(=O)OCC1c2ccccc2-c2ccccc21)C(=O)O. The standard InChI is InChI=1S/C32H36N2O5/c1-22-10-8-9-17-34(22)18-19-38-30-16-7-2-11-23(30)20-29(31(35)36)33-32(37)39-21-28-26-14-5-3-12-24(26)25-13-4-6-15-27(25)28/h2-7,11-16,22,28-29H,8-10,17-21H2,1H3,(H,33,37)(H,35,36). The summed E-state index contributed by atoms with van der Waals surface area (Å²) in [6.45, 7) is 4.81. The van der Waals surface area contributed by atoms with E-state index in [9.17, 15) is 14.7 Å². The van der Waals surface area contributed by atoms with Gasteiger partial charge in [0.25, 0.3) is 0 Å². The van der Waals surface area contributed by atoms with Crippen molar-refractivity contribution in [1.29, 1.82) is 0 Å². The maximum absolute atomic E-state index is 12.8. The van der Waals surface area contributed by atoms with Crippen molar-refractivity contribution in [3.63, 3.8) is 0 Å². The number of amides is 1. The molecule has 0 spiro atoms. The van der Waals surface area contributed by atoms with E-state index in [-0.39, 0.29) is 18.9 Å². The number of aliphatic carboxylic acids is 1. The van der Waals surface area contributed by atoms with E-state index in [0.29, 0.717) is 18.4 Å². The van der Waals surface area contributed by atoms with Crippen molar-refractivity contribution in [2.75, 3.05) is 26.3 Å². The van der Waals surface area contributed by atoms with Gasteiger partial charge < -0.3 is 19.9 Å². The topological polar surface area (TPSA) is 88.1 Å². The first-order chi connectivity index (χ1) is 19.0. The van der Waals surface area contributed by atoms with Crippen molar-refractivity contribution in [2.24, 2.45) is 0 Å². The van der Waals surface area contributed by atoms with Crippen LogP contribution in [-0.4, -0.2) is 60.5 Å². The van der Waals surface area contributed by atoms with Crippen molar-refractivity contribution in [1.82, 2.24) is 10.2 Å². The summed E-state index contributed by atoms with van der Waals surface area (Å²) in [5.74, 6) is -0.577. The van der Waals surface area contributed by atoms with Gasteiger partial charge in [-0.3, -0.25) is 4.90 Å². The Morgan fingerprint density at radius 1 is 0.974 bits per heavy atom. The molecule has 0 aromatic heterocycles. The molecule has 3 aromatic rings. The Morgan fingerprint density at radius 3 is 2.33 bits per heavy atom. The number of fused-ring (bicyclic) bond motifs is 3. The number of piperidine rings is 1. The molecule has 0 bridgehead atoms. The summed E-state index contributed by atoms with van der Waals surface area (Å²) in [5, 5.41) is 12.4. The number of rotatable bonds is 10. The van der Waals surface area contributed by atoms with Gasteiger partial charge in [0.15, 0.2) is 0 Å². The molecule has 0 radical (unpaired) electrons. The molecule has 1 fully saturated rings. The minimum absolute atomic E-state index is 0.0931. The van der Waals surface area contributed by atoms with Crippen molar-refractivity contribution in [3.05, 3.63) is 89.5 Å². The Kier molecular flexibility index (Phi) is 8.47. The first-order valence-corrected chi connectivity index (χ1v) is 13.8. The lowest BCUT2D eigenvalue weighted by Gasteiger charge is -2.33. The Labute approximate surface area is 229 Å². The van der Waals surface area contributed by atoms with Crippen LogP contribution in [0, 0.1) is 0 Å². The summed E-state index contributed by atoms with van der Waals surface area (Å²) >= 11 is 0. The molecule has 1 heterocycles. The number of carbonyl (C=O) groups is 2. The summed E-state index contributed by atoms with van der Waals surface area (Å²) in [5.41, 5.74) is 5.21. The maximum atomic E-state index is 12.8. The molecule has 1 aliphatic heterocycles.